The molecule has 32 heavy (non-hydrogen) atoms. The molecule has 6 aliphatic rings. The molecule has 5 fully saturated rings. The minimum absolute atomic E-state index is 0.000316. The molecule has 9 heteroatoms. The lowest BCUT2D eigenvalue weighted by Crippen LogP contribution is -2.70. The zero-order valence-electron chi connectivity index (χ0n) is 18.3. The third-order valence-electron chi connectivity index (χ3n) is 7.98. The summed E-state index contributed by atoms with van der Waals surface area (Å²) < 4.78 is 54.5. The maximum atomic E-state index is 13.3. The number of hydrogen-bond donors (Lipinski definition) is 0. The summed E-state index contributed by atoms with van der Waals surface area (Å²) in [5, 5.41) is 0. The minimum atomic E-state index is -3.64. The van der Waals surface area contributed by atoms with Gasteiger partial charge in [-0.15, -0.1) is 8.78 Å². The Bertz CT molecular complexity index is 912. The van der Waals surface area contributed by atoms with Crippen molar-refractivity contribution in [3.8, 4) is 11.5 Å². The zero-order chi connectivity index (χ0) is 22.3. The fourth-order valence-corrected chi connectivity index (χ4v) is 6.32. The van der Waals surface area contributed by atoms with Gasteiger partial charge >= 0.3 is 6.29 Å². The number of hydrogen-bond acceptors (Lipinski definition) is 7. The summed E-state index contributed by atoms with van der Waals surface area (Å²) in [6.07, 6.45) is -0.953. The molecule has 7 nitrogen and oxygen atoms in total. The van der Waals surface area contributed by atoms with Gasteiger partial charge in [-0.2, -0.15) is 0 Å². The highest BCUT2D eigenvalue weighted by Crippen LogP contribution is 2.60. The predicted octanol–water partition coefficient (Wildman–Crippen LogP) is 4.73. The van der Waals surface area contributed by atoms with Gasteiger partial charge in [-0.1, -0.05) is 19.9 Å². The van der Waals surface area contributed by atoms with Crippen LogP contribution in [0.4, 0.5) is 8.78 Å². The molecule has 8 atom stereocenters. The highest BCUT2D eigenvalue weighted by Gasteiger charge is 2.69. The van der Waals surface area contributed by atoms with E-state index in [4.69, 9.17) is 24.0 Å². The molecule has 1 aliphatic carbocycles. The largest absolute Gasteiger partial charge is 0.586 e. The zero-order valence-corrected chi connectivity index (χ0v) is 18.3. The van der Waals surface area contributed by atoms with E-state index in [-0.39, 0.29) is 35.9 Å². The molecule has 0 radical (unpaired) electrons. The van der Waals surface area contributed by atoms with E-state index in [9.17, 15) is 8.78 Å². The Morgan fingerprint density at radius 3 is 2.69 bits per heavy atom. The fourth-order valence-electron chi connectivity index (χ4n) is 6.32. The van der Waals surface area contributed by atoms with Gasteiger partial charge in [0.1, 0.15) is 0 Å². The smallest absolute Gasteiger partial charge is 0.395 e. The van der Waals surface area contributed by atoms with E-state index in [1.807, 2.05) is 6.92 Å². The molecule has 4 saturated heterocycles. The van der Waals surface area contributed by atoms with Gasteiger partial charge in [0, 0.05) is 18.3 Å². The summed E-state index contributed by atoms with van der Waals surface area (Å²) in [7, 11) is 0. The second-order valence-corrected chi connectivity index (χ2v) is 10.0. The van der Waals surface area contributed by atoms with Gasteiger partial charge in [0.2, 0.25) is 5.79 Å². The van der Waals surface area contributed by atoms with Crippen LogP contribution in [0.15, 0.2) is 18.2 Å². The number of rotatable bonds is 3. The average Bonchev–Trinajstić information content (AvgIpc) is 2.87. The molecule has 5 aliphatic heterocycles. The second-order valence-electron chi connectivity index (χ2n) is 10.0. The Labute approximate surface area is 185 Å². The third kappa shape index (κ3) is 3.09. The summed E-state index contributed by atoms with van der Waals surface area (Å²) in [6, 6.07) is 4.65. The summed E-state index contributed by atoms with van der Waals surface area (Å²) in [5.41, 5.74) is 0.0446. The molecule has 176 valence electrons. The standard InChI is InChI=1S/C23H28F2O7/c1-12-4-6-16-13(2)19(26-11-14-5-7-17-18(10-14)29-23(24,25)28-17)27-20-22(16)15(12)8-9-21(3,30-20)31-32-22/h5,7,10,12-13,15-16,19-20H,4,6,8-9,11H2,1-3H3/t12-,13-,15+,16+,19+,20-,21-,22-/m1/s1. The van der Waals surface area contributed by atoms with Crippen LogP contribution in [0, 0.1) is 23.7 Å². The first-order valence-corrected chi connectivity index (χ1v) is 11.4. The van der Waals surface area contributed by atoms with Crippen molar-refractivity contribution in [2.75, 3.05) is 0 Å². The Hall–Kier alpha value is -1.52. The van der Waals surface area contributed by atoms with Gasteiger partial charge in [-0.25, -0.2) is 9.78 Å². The van der Waals surface area contributed by atoms with Gasteiger partial charge < -0.3 is 23.7 Å². The van der Waals surface area contributed by atoms with Crippen LogP contribution in [0.5, 0.6) is 11.5 Å². The monoisotopic (exact) mass is 454 g/mol. The summed E-state index contributed by atoms with van der Waals surface area (Å²) in [5.74, 6) is 0.139. The van der Waals surface area contributed by atoms with Gasteiger partial charge in [0.15, 0.2) is 29.7 Å². The van der Waals surface area contributed by atoms with Crippen LogP contribution in [-0.4, -0.2) is 30.3 Å². The molecule has 1 aromatic rings. The normalized spacial score (nSPS) is 45.9. The van der Waals surface area contributed by atoms with Crippen molar-refractivity contribution in [3.63, 3.8) is 0 Å². The van der Waals surface area contributed by atoms with Gasteiger partial charge in [0.25, 0.3) is 0 Å². The molecule has 0 amide bonds. The van der Waals surface area contributed by atoms with E-state index < -0.39 is 30.3 Å². The second kappa shape index (κ2) is 6.99. The van der Waals surface area contributed by atoms with Crippen LogP contribution in [0.3, 0.4) is 0 Å². The third-order valence-corrected chi connectivity index (χ3v) is 7.98. The molecule has 1 aromatic carbocycles. The van der Waals surface area contributed by atoms with Crippen molar-refractivity contribution < 1.29 is 42.2 Å². The van der Waals surface area contributed by atoms with E-state index in [1.54, 1.807) is 6.07 Å². The summed E-state index contributed by atoms with van der Waals surface area (Å²) >= 11 is 0. The lowest BCUT2D eigenvalue weighted by molar-refractivity contribution is -0.577. The summed E-state index contributed by atoms with van der Waals surface area (Å²) in [4.78, 5) is 12.0. The maximum Gasteiger partial charge on any atom is 0.586 e. The number of fused-ring (bicyclic) bond motifs is 3. The Balaban J connectivity index is 1.22. The molecule has 5 heterocycles. The van der Waals surface area contributed by atoms with Gasteiger partial charge in [0.05, 0.1) is 6.61 Å². The van der Waals surface area contributed by atoms with E-state index in [0.717, 1.165) is 25.7 Å². The van der Waals surface area contributed by atoms with Gasteiger partial charge in [-0.05, 0) is 55.7 Å². The van der Waals surface area contributed by atoms with E-state index in [1.165, 1.54) is 12.1 Å². The molecular formula is C23H28F2O7. The lowest BCUT2D eigenvalue weighted by atomic mass is 9.58. The first-order chi connectivity index (χ1) is 15.2. The van der Waals surface area contributed by atoms with E-state index in [2.05, 4.69) is 23.3 Å². The van der Waals surface area contributed by atoms with Crippen molar-refractivity contribution >= 4 is 0 Å². The topological polar surface area (TPSA) is 64.6 Å². The quantitative estimate of drug-likeness (QED) is 0.612. The highest BCUT2D eigenvalue weighted by molar-refractivity contribution is 5.45. The molecule has 7 rings (SSSR count). The van der Waals surface area contributed by atoms with Crippen molar-refractivity contribution in [2.24, 2.45) is 23.7 Å². The molecule has 1 spiro atoms. The number of alkyl halides is 2. The van der Waals surface area contributed by atoms with Crippen molar-refractivity contribution in [1.29, 1.82) is 0 Å². The van der Waals surface area contributed by atoms with Crippen molar-refractivity contribution in [1.82, 2.24) is 0 Å². The molecular weight excluding hydrogens is 426 g/mol. The molecule has 0 unspecified atom stereocenters. The number of halogens is 2. The van der Waals surface area contributed by atoms with Crippen LogP contribution in [0.1, 0.15) is 52.0 Å². The van der Waals surface area contributed by atoms with Crippen LogP contribution in [0.25, 0.3) is 0 Å². The number of benzene rings is 1. The number of ether oxygens (including phenoxy) is 5. The van der Waals surface area contributed by atoms with Crippen LogP contribution in [0.2, 0.25) is 0 Å². The van der Waals surface area contributed by atoms with Crippen LogP contribution >= 0.6 is 0 Å². The molecule has 2 bridgehead atoms. The van der Waals surface area contributed by atoms with Gasteiger partial charge in [-0.3, -0.25) is 0 Å². The molecule has 0 aromatic heterocycles. The average molecular weight is 454 g/mol. The first kappa shape index (κ1) is 21.0. The predicted molar refractivity (Wildman–Crippen MR) is 104 cm³/mol. The van der Waals surface area contributed by atoms with E-state index in [0.29, 0.717) is 11.5 Å². The summed E-state index contributed by atoms with van der Waals surface area (Å²) in [6.45, 7) is 6.44. The van der Waals surface area contributed by atoms with Crippen LogP contribution in [-0.2, 0) is 30.6 Å². The van der Waals surface area contributed by atoms with Crippen molar-refractivity contribution in [2.45, 2.75) is 83.3 Å². The Morgan fingerprint density at radius 2 is 1.84 bits per heavy atom. The van der Waals surface area contributed by atoms with E-state index >= 15 is 0 Å². The van der Waals surface area contributed by atoms with Crippen molar-refractivity contribution in [3.05, 3.63) is 23.8 Å². The molecule has 1 saturated carbocycles. The maximum absolute atomic E-state index is 13.3. The Morgan fingerprint density at radius 1 is 1.03 bits per heavy atom. The molecule has 0 N–H and O–H groups in total. The van der Waals surface area contributed by atoms with Crippen LogP contribution < -0.4 is 9.47 Å². The SMILES string of the molecule is C[C@H]1[C@@H](OCc2ccc3c(c2)OC(F)(F)O3)O[C@@H]2O[C@@]3(C)CC[C@H]4[C@H](C)CC[C@@H]1[C@@]24OO3. The highest BCUT2D eigenvalue weighted by atomic mass is 19.3. The first-order valence-electron chi connectivity index (χ1n) is 11.4. The fraction of sp³-hybridized carbons (Fsp3) is 0.739. The lowest BCUT2D eigenvalue weighted by Gasteiger charge is -2.60. The Kier molecular flexibility index (Phi) is 4.60. The minimum Gasteiger partial charge on any atom is -0.395 e.